The monoisotopic (exact) mass is 296 g/mol. The molecular formula is C15H24N2S2. The van der Waals surface area contributed by atoms with Crippen molar-refractivity contribution in [3.05, 3.63) is 21.4 Å². The predicted octanol–water partition coefficient (Wildman–Crippen LogP) is 4.53. The van der Waals surface area contributed by atoms with Gasteiger partial charge in [-0.05, 0) is 44.7 Å². The highest BCUT2D eigenvalue weighted by atomic mass is 32.2. The number of aliphatic imine (C=N–C) groups is 1. The molecule has 106 valence electrons. The number of hydrogen-bond acceptors (Lipinski definition) is 4. The summed E-state index contributed by atoms with van der Waals surface area (Å²) in [5.74, 6) is 1.82. The maximum absolute atomic E-state index is 4.86. The summed E-state index contributed by atoms with van der Waals surface area (Å²) >= 11 is 3.74. The lowest BCUT2D eigenvalue weighted by Gasteiger charge is -2.25. The number of amidine groups is 1. The summed E-state index contributed by atoms with van der Waals surface area (Å²) in [4.78, 5) is 7.66. The van der Waals surface area contributed by atoms with Crippen LogP contribution in [0.25, 0.3) is 0 Å². The SMILES string of the molecule is Cc1cc(C(C)NC2=NC(C(C)C)CCS2)c(C)s1. The van der Waals surface area contributed by atoms with Gasteiger partial charge in [0.2, 0.25) is 0 Å². The Hall–Kier alpha value is -0.480. The lowest BCUT2D eigenvalue weighted by Crippen LogP contribution is -2.30. The Kier molecular flexibility index (Phi) is 4.96. The average molecular weight is 297 g/mol. The van der Waals surface area contributed by atoms with Gasteiger partial charge in [0.15, 0.2) is 5.17 Å². The minimum Gasteiger partial charge on any atom is -0.358 e. The van der Waals surface area contributed by atoms with E-state index in [1.54, 1.807) is 0 Å². The third-order valence-electron chi connectivity index (χ3n) is 3.59. The second-order valence-electron chi connectivity index (χ2n) is 5.62. The van der Waals surface area contributed by atoms with E-state index < -0.39 is 0 Å². The van der Waals surface area contributed by atoms with Crippen molar-refractivity contribution in [1.29, 1.82) is 0 Å². The van der Waals surface area contributed by atoms with Gasteiger partial charge in [-0.25, -0.2) is 0 Å². The first-order valence-corrected chi connectivity index (χ1v) is 8.81. The van der Waals surface area contributed by atoms with Gasteiger partial charge in [-0.15, -0.1) is 11.3 Å². The highest BCUT2D eigenvalue weighted by Gasteiger charge is 2.20. The number of aryl methyl sites for hydroxylation is 2. The van der Waals surface area contributed by atoms with E-state index in [9.17, 15) is 0 Å². The number of thiophene rings is 1. The van der Waals surface area contributed by atoms with Crippen LogP contribution in [-0.2, 0) is 0 Å². The van der Waals surface area contributed by atoms with E-state index in [-0.39, 0.29) is 0 Å². The fourth-order valence-corrected chi connectivity index (χ4v) is 4.48. The smallest absolute Gasteiger partial charge is 0.157 e. The number of thioether (sulfide) groups is 1. The second-order valence-corrected chi connectivity index (χ2v) is 8.16. The molecule has 0 radical (unpaired) electrons. The Morgan fingerprint density at radius 2 is 2.05 bits per heavy atom. The van der Waals surface area contributed by atoms with Gasteiger partial charge >= 0.3 is 0 Å². The van der Waals surface area contributed by atoms with Crippen LogP contribution in [0.1, 0.15) is 48.6 Å². The van der Waals surface area contributed by atoms with Gasteiger partial charge in [0, 0.05) is 15.5 Å². The van der Waals surface area contributed by atoms with Crippen LogP contribution in [0.4, 0.5) is 0 Å². The van der Waals surface area contributed by atoms with Crippen LogP contribution in [0.5, 0.6) is 0 Å². The van der Waals surface area contributed by atoms with Crippen LogP contribution in [0.15, 0.2) is 11.1 Å². The molecule has 2 atom stereocenters. The van der Waals surface area contributed by atoms with Crippen molar-refractivity contribution in [2.45, 2.75) is 53.1 Å². The van der Waals surface area contributed by atoms with Gasteiger partial charge in [0.1, 0.15) is 0 Å². The topological polar surface area (TPSA) is 24.4 Å². The van der Waals surface area contributed by atoms with Crippen molar-refractivity contribution < 1.29 is 0 Å². The summed E-state index contributed by atoms with van der Waals surface area (Å²) < 4.78 is 0. The maximum atomic E-state index is 4.86. The molecule has 2 rings (SSSR count). The summed E-state index contributed by atoms with van der Waals surface area (Å²) in [6, 6.07) is 3.13. The second kappa shape index (κ2) is 6.31. The minimum atomic E-state index is 0.349. The predicted molar refractivity (Wildman–Crippen MR) is 88.5 cm³/mol. The molecule has 1 aliphatic rings. The van der Waals surface area contributed by atoms with E-state index >= 15 is 0 Å². The zero-order chi connectivity index (χ0) is 14.0. The van der Waals surface area contributed by atoms with Crippen molar-refractivity contribution in [1.82, 2.24) is 5.32 Å². The molecule has 1 aliphatic heterocycles. The van der Waals surface area contributed by atoms with Gasteiger partial charge in [0.25, 0.3) is 0 Å². The molecule has 4 heteroatoms. The minimum absolute atomic E-state index is 0.349. The van der Waals surface area contributed by atoms with E-state index in [0.717, 1.165) is 5.17 Å². The molecule has 0 saturated carbocycles. The molecule has 0 bridgehead atoms. The largest absolute Gasteiger partial charge is 0.358 e. The van der Waals surface area contributed by atoms with Crippen molar-refractivity contribution in [3.8, 4) is 0 Å². The molecule has 0 aliphatic carbocycles. The molecule has 0 saturated heterocycles. The summed E-state index contributed by atoms with van der Waals surface area (Å²) in [5.41, 5.74) is 1.41. The fraction of sp³-hybridized carbons (Fsp3) is 0.667. The van der Waals surface area contributed by atoms with Gasteiger partial charge in [-0.2, -0.15) is 0 Å². The van der Waals surface area contributed by atoms with Gasteiger partial charge in [-0.1, -0.05) is 25.6 Å². The summed E-state index contributed by atoms with van der Waals surface area (Å²) in [6.07, 6.45) is 1.21. The number of rotatable bonds is 3. The zero-order valence-corrected chi connectivity index (χ0v) is 14.1. The Morgan fingerprint density at radius 3 is 2.63 bits per heavy atom. The molecule has 0 aromatic carbocycles. The summed E-state index contributed by atoms with van der Waals surface area (Å²) in [6.45, 7) is 11.1. The molecular weight excluding hydrogens is 272 g/mol. The first kappa shape index (κ1) is 14.9. The number of nitrogens with one attached hydrogen (secondary N) is 1. The van der Waals surface area contributed by atoms with E-state index in [2.05, 4.69) is 46.0 Å². The molecule has 0 amide bonds. The average Bonchev–Trinajstić information content (AvgIpc) is 2.69. The Labute approximate surface area is 125 Å². The van der Waals surface area contributed by atoms with E-state index in [1.807, 2.05) is 23.1 Å². The molecule has 19 heavy (non-hydrogen) atoms. The van der Waals surface area contributed by atoms with E-state index in [4.69, 9.17) is 4.99 Å². The van der Waals surface area contributed by atoms with E-state index in [0.29, 0.717) is 18.0 Å². The van der Waals surface area contributed by atoms with E-state index in [1.165, 1.54) is 27.5 Å². The molecule has 1 N–H and O–H groups in total. The highest BCUT2D eigenvalue weighted by molar-refractivity contribution is 8.13. The fourth-order valence-electron chi connectivity index (χ4n) is 2.43. The lowest BCUT2D eigenvalue weighted by atomic mass is 10.0. The van der Waals surface area contributed by atoms with Crippen LogP contribution in [-0.4, -0.2) is 17.0 Å². The van der Waals surface area contributed by atoms with Gasteiger partial charge in [0.05, 0.1) is 12.1 Å². The number of nitrogens with zero attached hydrogens (tertiary/aromatic N) is 1. The van der Waals surface area contributed by atoms with Crippen LogP contribution < -0.4 is 5.32 Å². The van der Waals surface area contributed by atoms with Crippen molar-refractivity contribution in [3.63, 3.8) is 0 Å². The van der Waals surface area contributed by atoms with Crippen LogP contribution in [0.2, 0.25) is 0 Å². The molecule has 2 unspecified atom stereocenters. The van der Waals surface area contributed by atoms with Gasteiger partial charge in [-0.3, -0.25) is 4.99 Å². The molecule has 2 heterocycles. The highest BCUT2D eigenvalue weighted by Crippen LogP contribution is 2.28. The molecule has 2 nitrogen and oxygen atoms in total. The Bertz CT molecular complexity index is 463. The molecule has 1 aromatic rings. The normalized spacial score (nSPS) is 21.4. The van der Waals surface area contributed by atoms with Crippen LogP contribution >= 0.6 is 23.1 Å². The first-order valence-electron chi connectivity index (χ1n) is 7.01. The Morgan fingerprint density at radius 1 is 1.32 bits per heavy atom. The molecule has 0 fully saturated rings. The van der Waals surface area contributed by atoms with Gasteiger partial charge < -0.3 is 5.32 Å². The van der Waals surface area contributed by atoms with Crippen molar-refractivity contribution in [2.24, 2.45) is 10.9 Å². The summed E-state index contributed by atoms with van der Waals surface area (Å²) in [7, 11) is 0. The lowest BCUT2D eigenvalue weighted by molar-refractivity contribution is 0.482. The Balaban J connectivity index is 2.06. The third-order valence-corrected chi connectivity index (χ3v) is 5.51. The quantitative estimate of drug-likeness (QED) is 0.886. The molecule has 1 aromatic heterocycles. The number of hydrogen-bond donors (Lipinski definition) is 1. The summed E-state index contributed by atoms with van der Waals surface area (Å²) in [5, 5.41) is 4.72. The zero-order valence-electron chi connectivity index (χ0n) is 12.5. The van der Waals surface area contributed by atoms with Crippen molar-refractivity contribution in [2.75, 3.05) is 5.75 Å². The molecule has 0 spiro atoms. The van der Waals surface area contributed by atoms with Crippen molar-refractivity contribution >= 4 is 28.3 Å². The van der Waals surface area contributed by atoms with Crippen LogP contribution in [0.3, 0.4) is 0 Å². The maximum Gasteiger partial charge on any atom is 0.157 e. The first-order chi connectivity index (χ1) is 8.97. The third kappa shape index (κ3) is 3.76. The standard InChI is InChI=1S/C15H24N2S2/c1-9(2)14-6-7-18-15(17-14)16-11(4)13-8-10(3)19-12(13)5/h8-9,11,14H,6-7H2,1-5H3,(H,16,17). The van der Waals surface area contributed by atoms with Crippen LogP contribution in [0, 0.1) is 19.8 Å².